The molecule has 0 aromatic heterocycles. The third-order valence-corrected chi connectivity index (χ3v) is 5.24. The molecule has 2 aromatic rings. The maximum atomic E-state index is 13.3. The Hall–Kier alpha value is -3.62. The topological polar surface area (TPSA) is 97.5 Å². The van der Waals surface area contributed by atoms with Crippen LogP contribution in [-0.4, -0.2) is 54.3 Å². The minimum absolute atomic E-state index is 0.0763. The van der Waals surface area contributed by atoms with E-state index in [1.165, 1.54) is 29.3 Å². The zero-order valence-electron chi connectivity index (χ0n) is 17.0. The van der Waals surface area contributed by atoms with Gasteiger partial charge in [0.25, 0.3) is 5.91 Å². The summed E-state index contributed by atoms with van der Waals surface area (Å²) in [6.45, 7) is 2.91. The molecule has 0 bridgehead atoms. The Bertz CT molecular complexity index is 1010. The van der Waals surface area contributed by atoms with E-state index in [0.29, 0.717) is 36.9 Å². The van der Waals surface area contributed by atoms with E-state index < -0.39 is 17.8 Å². The van der Waals surface area contributed by atoms with Crippen LogP contribution in [0.25, 0.3) is 0 Å². The first kappa shape index (κ1) is 20.6. The van der Waals surface area contributed by atoms with Crippen LogP contribution in [0.3, 0.4) is 0 Å². The van der Waals surface area contributed by atoms with Crippen LogP contribution < -0.4 is 20.2 Å². The number of amides is 2. The van der Waals surface area contributed by atoms with Crippen molar-refractivity contribution in [2.75, 3.05) is 24.7 Å². The zero-order valence-corrected chi connectivity index (χ0v) is 17.0. The van der Waals surface area contributed by atoms with E-state index in [0.717, 1.165) is 0 Å². The molecule has 2 aliphatic rings. The van der Waals surface area contributed by atoms with E-state index in [1.54, 1.807) is 4.90 Å². The Kier molecular flexibility index (Phi) is 5.75. The molecular formula is C22H23FN4O4. The Morgan fingerprint density at radius 1 is 1.19 bits per heavy atom. The van der Waals surface area contributed by atoms with Crippen LogP contribution in [0.1, 0.15) is 13.3 Å². The van der Waals surface area contributed by atoms with E-state index >= 15 is 0 Å². The fourth-order valence-electron chi connectivity index (χ4n) is 3.63. The first-order valence-electron chi connectivity index (χ1n) is 10.1. The van der Waals surface area contributed by atoms with Gasteiger partial charge in [-0.2, -0.15) is 5.10 Å². The standard InChI is InChI=1S/C22H23FN4O4/c1-2-26(12-16-13-30-19-5-3-4-6-20(19)31-16)22(29)17-11-18(21(24)28)27(25-17)15-9-7-14(23)8-10-15/h3-10,16,18H,2,11-13H2,1H3,(H2,24,28). The van der Waals surface area contributed by atoms with Gasteiger partial charge >= 0.3 is 0 Å². The van der Waals surface area contributed by atoms with Crippen molar-refractivity contribution in [3.8, 4) is 11.5 Å². The van der Waals surface area contributed by atoms with Crippen LogP contribution in [0.15, 0.2) is 53.6 Å². The maximum absolute atomic E-state index is 13.3. The number of carbonyl (C=O) groups is 2. The number of rotatable bonds is 6. The summed E-state index contributed by atoms with van der Waals surface area (Å²) < 4.78 is 25.0. The fraction of sp³-hybridized carbons (Fsp3) is 0.318. The number of carbonyl (C=O) groups excluding carboxylic acids is 2. The van der Waals surface area contributed by atoms with Gasteiger partial charge in [-0.1, -0.05) is 12.1 Å². The molecule has 0 radical (unpaired) electrons. The molecule has 0 saturated heterocycles. The number of nitrogens with two attached hydrogens (primary N) is 1. The van der Waals surface area contributed by atoms with Gasteiger partial charge in [0.05, 0.1) is 12.2 Å². The average Bonchev–Trinajstić information content (AvgIpc) is 3.23. The van der Waals surface area contributed by atoms with Gasteiger partial charge in [0.1, 0.15) is 24.2 Å². The van der Waals surface area contributed by atoms with Crippen molar-refractivity contribution in [2.45, 2.75) is 25.5 Å². The second-order valence-electron chi connectivity index (χ2n) is 7.33. The minimum Gasteiger partial charge on any atom is -0.486 e. The molecule has 162 valence electrons. The van der Waals surface area contributed by atoms with E-state index in [2.05, 4.69) is 5.10 Å². The van der Waals surface area contributed by atoms with E-state index in [4.69, 9.17) is 15.2 Å². The quantitative estimate of drug-likeness (QED) is 0.761. The van der Waals surface area contributed by atoms with Gasteiger partial charge in [0, 0.05) is 13.0 Å². The van der Waals surface area contributed by atoms with Gasteiger partial charge in [0.2, 0.25) is 5.91 Å². The van der Waals surface area contributed by atoms with Crippen molar-refractivity contribution in [1.82, 2.24) is 4.90 Å². The second-order valence-corrected chi connectivity index (χ2v) is 7.33. The molecule has 2 atom stereocenters. The molecule has 0 saturated carbocycles. The number of halogens is 1. The maximum Gasteiger partial charge on any atom is 0.270 e. The summed E-state index contributed by atoms with van der Waals surface area (Å²) in [6, 6.07) is 12.1. The lowest BCUT2D eigenvalue weighted by Gasteiger charge is -2.30. The molecule has 9 heteroatoms. The first-order chi connectivity index (χ1) is 15.0. The number of benzene rings is 2. The Labute approximate surface area is 179 Å². The highest BCUT2D eigenvalue weighted by molar-refractivity contribution is 6.40. The summed E-state index contributed by atoms with van der Waals surface area (Å²) in [5.74, 6) is -0.0167. The Morgan fingerprint density at radius 2 is 1.90 bits per heavy atom. The molecule has 2 unspecified atom stereocenters. The smallest absolute Gasteiger partial charge is 0.270 e. The zero-order chi connectivity index (χ0) is 22.0. The molecular weight excluding hydrogens is 403 g/mol. The summed E-state index contributed by atoms with van der Waals surface area (Å²) in [4.78, 5) is 26.7. The molecule has 2 N–H and O–H groups in total. The molecule has 31 heavy (non-hydrogen) atoms. The summed E-state index contributed by atoms with van der Waals surface area (Å²) >= 11 is 0. The molecule has 0 fully saturated rings. The number of primary amides is 1. The van der Waals surface area contributed by atoms with Crippen molar-refractivity contribution in [3.63, 3.8) is 0 Å². The van der Waals surface area contributed by atoms with Gasteiger partial charge in [0.15, 0.2) is 17.6 Å². The molecule has 2 heterocycles. The lowest BCUT2D eigenvalue weighted by Crippen LogP contribution is -2.46. The summed E-state index contributed by atoms with van der Waals surface area (Å²) in [5.41, 5.74) is 6.23. The van der Waals surface area contributed by atoms with E-state index in [9.17, 15) is 14.0 Å². The molecule has 8 nitrogen and oxygen atoms in total. The average molecular weight is 426 g/mol. The van der Waals surface area contributed by atoms with Gasteiger partial charge in [-0.15, -0.1) is 0 Å². The van der Waals surface area contributed by atoms with E-state index in [-0.39, 0.29) is 24.1 Å². The van der Waals surface area contributed by atoms with Crippen LogP contribution >= 0.6 is 0 Å². The van der Waals surface area contributed by atoms with Gasteiger partial charge in [-0.05, 0) is 43.3 Å². The Morgan fingerprint density at radius 3 is 2.58 bits per heavy atom. The number of ether oxygens (including phenoxy) is 2. The van der Waals surface area contributed by atoms with Crippen LogP contribution in [0, 0.1) is 5.82 Å². The van der Waals surface area contributed by atoms with Crippen molar-refractivity contribution < 1.29 is 23.5 Å². The third kappa shape index (κ3) is 4.30. The molecule has 4 rings (SSSR count). The number of nitrogens with zero attached hydrogens (tertiary/aromatic N) is 3. The van der Waals surface area contributed by atoms with Crippen LogP contribution in [0.2, 0.25) is 0 Å². The van der Waals surface area contributed by atoms with Crippen molar-refractivity contribution >= 4 is 23.2 Å². The molecule has 2 aliphatic heterocycles. The molecule has 0 spiro atoms. The summed E-state index contributed by atoms with van der Waals surface area (Å²) in [7, 11) is 0. The fourth-order valence-corrected chi connectivity index (χ4v) is 3.63. The minimum atomic E-state index is -0.816. The highest BCUT2D eigenvalue weighted by atomic mass is 19.1. The number of hydrazone groups is 1. The number of hydrogen-bond acceptors (Lipinski definition) is 6. The number of para-hydroxylation sites is 2. The largest absolute Gasteiger partial charge is 0.486 e. The van der Waals surface area contributed by atoms with Gasteiger partial charge in [-0.25, -0.2) is 4.39 Å². The van der Waals surface area contributed by atoms with Crippen molar-refractivity contribution in [3.05, 3.63) is 54.3 Å². The predicted molar refractivity (Wildman–Crippen MR) is 113 cm³/mol. The van der Waals surface area contributed by atoms with Gasteiger partial charge in [-0.3, -0.25) is 14.6 Å². The number of hydrogen-bond donors (Lipinski definition) is 1. The lowest BCUT2D eigenvalue weighted by molar-refractivity contribution is -0.125. The number of likely N-dealkylation sites (N-methyl/N-ethyl adjacent to an activating group) is 1. The van der Waals surface area contributed by atoms with Crippen molar-refractivity contribution in [1.29, 1.82) is 0 Å². The number of anilines is 1. The monoisotopic (exact) mass is 426 g/mol. The SMILES string of the molecule is CCN(CC1COc2ccccc2O1)C(=O)C1=NN(c2ccc(F)cc2)C(C(N)=O)C1. The van der Waals surface area contributed by atoms with E-state index in [1.807, 2.05) is 31.2 Å². The van der Waals surface area contributed by atoms with Crippen LogP contribution in [0.5, 0.6) is 11.5 Å². The molecule has 2 aromatic carbocycles. The number of fused-ring (bicyclic) bond motifs is 1. The second kappa shape index (κ2) is 8.63. The normalized spacial score (nSPS) is 19.7. The van der Waals surface area contributed by atoms with Crippen LogP contribution in [0.4, 0.5) is 10.1 Å². The van der Waals surface area contributed by atoms with Crippen LogP contribution in [-0.2, 0) is 9.59 Å². The molecule has 2 amide bonds. The first-order valence-corrected chi connectivity index (χ1v) is 10.1. The predicted octanol–water partition coefficient (Wildman–Crippen LogP) is 1.93. The summed E-state index contributed by atoms with van der Waals surface area (Å²) in [5, 5.41) is 5.73. The summed E-state index contributed by atoms with van der Waals surface area (Å²) in [6.07, 6.45) is -0.256. The molecule has 0 aliphatic carbocycles. The highest BCUT2D eigenvalue weighted by Crippen LogP contribution is 2.31. The Balaban J connectivity index is 1.49. The van der Waals surface area contributed by atoms with Gasteiger partial charge < -0.3 is 20.1 Å². The highest BCUT2D eigenvalue weighted by Gasteiger charge is 2.37. The third-order valence-electron chi connectivity index (χ3n) is 5.24. The lowest BCUT2D eigenvalue weighted by atomic mass is 10.1. The van der Waals surface area contributed by atoms with Crippen molar-refractivity contribution in [2.24, 2.45) is 10.8 Å².